The summed E-state index contributed by atoms with van der Waals surface area (Å²) in [5, 5.41) is 12.1. The molecule has 1 fully saturated rings. The van der Waals surface area contributed by atoms with Gasteiger partial charge >= 0.3 is 5.97 Å². The molecule has 0 spiro atoms. The number of anilines is 1. The Labute approximate surface area is 94.2 Å². The number of aromatic carboxylic acids is 1. The SMILES string of the molecule is CC1OCCC1Nc1ccc(C(=O)O)cc1. The summed E-state index contributed by atoms with van der Waals surface area (Å²) < 4.78 is 5.44. The van der Waals surface area contributed by atoms with Crippen LogP contribution >= 0.6 is 0 Å². The van der Waals surface area contributed by atoms with E-state index in [-0.39, 0.29) is 6.10 Å². The van der Waals surface area contributed by atoms with Crippen LogP contribution in [-0.2, 0) is 4.74 Å². The second-order valence-electron chi connectivity index (χ2n) is 4.00. The van der Waals surface area contributed by atoms with Crippen LogP contribution in [0.5, 0.6) is 0 Å². The van der Waals surface area contributed by atoms with Crippen molar-refractivity contribution in [1.29, 1.82) is 0 Å². The second kappa shape index (κ2) is 4.53. The Morgan fingerprint density at radius 1 is 1.44 bits per heavy atom. The summed E-state index contributed by atoms with van der Waals surface area (Å²) in [4.78, 5) is 10.7. The molecule has 4 heteroatoms. The molecule has 1 aliphatic heterocycles. The summed E-state index contributed by atoms with van der Waals surface area (Å²) in [6.07, 6.45) is 1.20. The van der Waals surface area contributed by atoms with Crippen molar-refractivity contribution >= 4 is 11.7 Å². The van der Waals surface area contributed by atoms with Crippen molar-refractivity contribution in [2.75, 3.05) is 11.9 Å². The average Bonchev–Trinajstić information content (AvgIpc) is 2.65. The van der Waals surface area contributed by atoms with E-state index < -0.39 is 5.97 Å². The molecule has 0 radical (unpaired) electrons. The highest BCUT2D eigenvalue weighted by molar-refractivity contribution is 5.87. The van der Waals surface area contributed by atoms with Gasteiger partial charge in [-0.05, 0) is 37.6 Å². The Morgan fingerprint density at radius 2 is 2.12 bits per heavy atom. The fraction of sp³-hybridized carbons (Fsp3) is 0.417. The second-order valence-corrected chi connectivity index (χ2v) is 4.00. The number of carboxylic acid groups (broad SMARTS) is 1. The topological polar surface area (TPSA) is 58.6 Å². The molecule has 0 amide bonds. The minimum absolute atomic E-state index is 0.208. The highest BCUT2D eigenvalue weighted by atomic mass is 16.5. The zero-order valence-electron chi connectivity index (χ0n) is 9.14. The van der Waals surface area contributed by atoms with Crippen molar-refractivity contribution in [3.8, 4) is 0 Å². The Bertz CT molecular complexity index is 374. The highest BCUT2D eigenvalue weighted by Crippen LogP contribution is 2.19. The molecule has 1 aromatic carbocycles. The van der Waals surface area contributed by atoms with Gasteiger partial charge in [0.2, 0.25) is 0 Å². The van der Waals surface area contributed by atoms with E-state index in [1.165, 1.54) is 0 Å². The van der Waals surface area contributed by atoms with E-state index in [1.54, 1.807) is 24.3 Å². The third-order valence-corrected chi connectivity index (χ3v) is 2.86. The number of hydrogen-bond donors (Lipinski definition) is 2. The number of rotatable bonds is 3. The quantitative estimate of drug-likeness (QED) is 0.819. The molecule has 2 N–H and O–H groups in total. The van der Waals surface area contributed by atoms with Crippen LogP contribution in [0.25, 0.3) is 0 Å². The molecule has 2 atom stereocenters. The summed E-state index contributed by atoms with van der Waals surface area (Å²) in [7, 11) is 0. The van der Waals surface area contributed by atoms with E-state index >= 15 is 0 Å². The van der Waals surface area contributed by atoms with Gasteiger partial charge in [0.15, 0.2) is 0 Å². The summed E-state index contributed by atoms with van der Waals surface area (Å²) in [6, 6.07) is 7.09. The molecule has 16 heavy (non-hydrogen) atoms. The van der Waals surface area contributed by atoms with Crippen LogP contribution in [0.2, 0.25) is 0 Å². The first-order chi connectivity index (χ1) is 7.66. The van der Waals surface area contributed by atoms with Crippen LogP contribution in [0, 0.1) is 0 Å². The minimum atomic E-state index is -0.899. The van der Waals surface area contributed by atoms with E-state index in [4.69, 9.17) is 9.84 Å². The molecule has 2 rings (SSSR count). The van der Waals surface area contributed by atoms with Gasteiger partial charge < -0.3 is 15.2 Å². The maximum Gasteiger partial charge on any atom is 0.335 e. The van der Waals surface area contributed by atoms with Gasteiger partial charge in [-0.1, -0.05) is 0 Å². The fourth-order valence-corrected chi connectivity index (χ4v) is 1.84. The van der Waals surface area contributed by atoms with E-state index in [9.17, 15) is 4.79 Å². The lowest BCUT2D eigenvalue weighted by atomic mass is 10.1. The van der Waals surface area contributed by atoms with E-state index in [0.717, 1.165) is 18.7 Å². The van der Waals surface area contributed by atoms with Gasteiger partial charge in [0.1, 0.15) is 0 Å². The van der Waals surface area contributed by atoms with Gasteiger partial charge in [0.05, 0.1) is 17.7 Å². The molecule has 1 aliphatic rings. The van der Waals surface area contributed by atoms with Crippen LogP contribution in [0.15, 0.2) is 24.3 Å². The lowest BCUT2D eigenvalue weighted by Gasteiger charge is -2.17. The van der Waals surface area contributed by atoms with Crippen molar-refractivity contribution in [2.45, 2.75) is 25.5 Å². The molecule has 0 aromatic heterocycles. The monoisotopic (exact) mass is 221 g/mol. The predicted molar refractivity (Wildman–Crippen MR) is 60.8 cm³/mol. The van der Waals surface area contributed by atoms with Crippen LogP contribution in [0.1, 0.15) is 23.7 Å². The van der Waals surface area contributed by atoms with Crippen molar-refractivity contribution in [3.05, 3.63) is 29.8 Å². The largest absolute Gasteiger partial charge is 0.478 e. The molecule has 0 bridgehead atoms. The summed E-state index contributed by atoms with van der Waals surface area (Å²) in [5.74, 6) is -0.899. The fourth-order valence-electron chi connectivity index (χ4n) is 1.84. The average molecular weight is 221 g/mol. The Kier molecular flexibility index (Phi) is 3.10. The molecular weight excluding hydrogens is 206 g/mol. The highest BCUT2D eigenvalue weighted by Gasteiger charge is 2.23. The third-order valence-electron chi connectivity index (χ3n) is 2.86. The third kappa shape index (κ3) is 2.33. The molecule has 1 saturated heterocycles. The van der Waals surface area contributed by atoms with Gasteiger partial charge in [-0.3, -0.25) is 0 Å². The zero-order valence-corrected chi connectivity index (χ0v) is 9.14. The Morgan fingerprint density at radius 3 is 2.62 bits per heavy atom. The van der Waals surface area contributed by atoms with Crippen LogP contribution < -0.4 is 5.32 Å². The number of hydrogen-bond acceptors (Lipinski definition) is 3. The first-order valence-corrected chi connectivity index (χ1v) is 5.38. The Hall–Kier alpha value is -1.55. The molecule has 0 aliphatic carbocycles. The van der Waals surface area contributed by atoms with Crippen molar-refractivity contribution in [1.82, 2.24) is 0 Å². The van der Waals surface area contributed by atoms with Crippen LogP contribution in [0.3, 0.4) is 0 Å². The van der Waals surface area contributed by atoms with Gasteiger partial charge in [-0.15, -0.1) is 0 Å². The number of benzene rings is 1. The minimum Gasteiger partial charge on any atom is -0.478 e. The van der Waals surface area contributed by atoms with Crippen LogP contribution in [-0.4, -0.2) is 29.8 Å². The molecule has 1 heterocycles. The van der Waals surface area contributed by atoms with Crippen molar-refractivity contribution in [2.24, 2.45) is 0 Å². The molecule has 0 saturated carbocycles. The molecule has 86 valence electrons. The summed E-state index contributed by atoms with van der Waals surface area (Å²) in [5.41, 5.74) is 1.24. The number of nitrogens with one attached hydrogen (secondary N) is 1. The first-order valence-electron chi connectivity index (χ1n) is 5.38. The number of carboxylic acids is 1. The van der Waals surface area contributed by atoms with Crippen LogP contribution in [0.4, 0.5) is 5.69 Å². The summed E-state index contributed by atoms with van der Waals surface area (Å²) >= 11 is 0. The lowest BCUT2D eigenvalue weighted by Crippen LogP contribution is -2.26. The normalized spacial score (nSPS) is 24.3. The van der Waals surface area contributed by atoms with Crippen molar-refractivity contribution in [3.63, 3.8) is 0 Å². The van der Waals surface area contributed by atoms with Gasteiger partial charge in [0.25, 0.3) is 0 Å². The van der Waals surface area contributed by atoms with Gasteiger partial charge in [-0.2, -0.15) is 0 Å². The lowest BCUT2D eigenvalue weighted by molar-refractivity contribution is 0.0697. The smallest absolute Gasteiger partial charge is 0.335 e. The van der Waals surface area contributed by atoms with Gasteiger partial charge in [0, 0.05) is 12.3 Å². The number of carbonyl (C=O) groups is 1. The van der Waals surface area contributed by atoms with Gasteiger partial charge in [-0.25, -0.2) is 4.79 Å². The number of ether oxygens (including phenoxy) is 1. The maximum atomic E-state index is 10.7. The van der Waals surface area contributed by atoms with E-state index in [0.29, 0.717) is 11.6 Å². The van der Waals surface area contributed by atoms with E-state index in [1.807, 2.05) is 6.92 Å². The zero-order chi connectivity index (χ0) is 11.5. The first kappa shape index (κ1) is 11.0. The standard InChI is InChI=1S/C12H15NO3/c1-8-11(6-7-16-8)13-10-4-2-9(3-5-10)12(14)15/h2-5,8,11,13H,6-7H2,1H3,(H,14,15). The van der Waals surface area contributed by atoms with Crippen molar-refractivity contribution < 1.29 is 14.6 Å². The molecule has 1 aromatic rings. The van der Waals surface area contributed by atoms with E-state index in [2.05, 4.69) is 5.32 Å². The summed E-state index contributed by atoms with van der Waals surface area (Å²) in [6.45, 7) is 2.82. The molecular formula is C12H15NO3. The Balaban J connectivity index is 2.02. The molecule has 2 unspecified atom stereocenters. The molecule has 4 nitrogen and oxygen atoms in total. The predicted octanol–water partition coefficient (Wildman–Crippen LogP) is 1.97. The maximum absolute atomic E-state index is 10.7.